The maximum Gasteiger partial charge on any atom is 0.0700 e. The highest BCUT2D eigenvalue weighted by Gasteiger charge is 2.15. The fourth-order valence-corrected chi connectivity index (χ4v) is 2.20. The monoisotopic (exact) mass is 213 g/mol. The Kier molecular flexibility index (Phi) is 7.03. The molecule has 1 saturated heterocycles. The van der Waals surface area contributed by atoms with Crippen LogP contribution in [-0.2, 0) is 4.74 Å². The standard InChI is InChI=1S/C13H27NO/c1-3-5-7-12(4-2)10-14-11-13-8-6-9-15-13/h12-14H,3-11H2,1-2H3. The molecule has 90 valence electrons. The van der Waals surface area contributed by atoms with Crippen molar-refractivity contribution in [2.45, 2.75) is 58.5 Å². The molecule has 1 rings (SSSR count). The van der Waals surface area contributed by atoms with Gasteiger partial charge in [0, 0.05) is 13.2 Å². The van der Waals surface area contributed by atoms with Crippen LogP contribution in [0.25, 0.3) is 0 Å². The molecule has 0 aliphatic carbocycles. The smallest absolute Gasteiger partial charge is 0.0700 e. The Morgan fingerprint density at radius 1 is 1.40 bits per heavy atom. The summed E-state index contributed by atoms with van der Waals surface area (Å²) in [4.78, 5) is 0. The van der Waals surface area contributed by atoms with Gasteiger partial charge in [-0.2, -0.15) is 0 Å². The molecule has 0 aromatic rings. The fraction of sp³-hybridized carbons (Fsp3) is 1.00. The summed E-state index contributed by atoms with van der Waals surface area (Å²) in [5, 5.41) is 3.56. The van der Waals surface area contributed by atoms with Gasteiger partial charge >= 0.3 is 0 Å². The molecule has 0 saturated carbocycles. The number of ether oxygens (including phenoxy) is 1. The molecule has 15 heavy (non-hydrogen) atoms. The van der Waals surface area contributed by atoms with E-state index in [1.54, 1.807) is 0 Å². The van der Waals surface area contributed by atoms with E-state index in [1.807, 2.05) is 0 Å². The Balaban J connectivity index is 2.00. The molecule has 1 heterocycles. The Hall–Kier alpha value is -0.0800. The molecule has 2 heteroatoms. The third-order valence-corrected chi connectivity index (χ3v) is 3.37. The molecule has 2 atom stereocenters. The van der Waals surface area contributed by atoms with E-state index in [1.165, 1.54) is 45.1 Å². The van der Waals surface area contributed by atoms with Gasteiger partial charge in [-0.15, -0.1) is 0 Å². The van der Waals surface area contributed by atoms with E-state index in [-0.39, 0.29) is 0 Å². The zero-order chi connectivity index (χ0) is 10.9. The first-order valence-corrected chi connectivity index (χ1v) is 6.69. The summed E-state index contributed by atoms with van der Waals surface area (Å²) in [6.45, 7) is 7.78. The third kappa shape index (κ3) is 5.53. The van der Waals surface area contributed by atoms with Crippen molar-refractivity contribution in [2.75, 3.05) is 19.7 Å². The molecule has 2 unspecified atom stereocenters. The molecular formula is C13H27NO. The fourth-order valence-electron chi connectivity index (χ4n) is 2.20. The number of rotatable bonds is 8. The Labute approximate surface area is 94.8 Å². The molecule has 1 aliphatic rings. The van der Waals surface area contributed by atoms with Crippen LogP contribution in [0.1, 0.15) is 52.4 Å². The van der Waals surface area contributed by atoms with E-state index in [9.17, 15) is 0 Å². The van der Waals surface area contributed by atoms with Crippen LogP contribution >= 0.6 is 0 Å². The predicted octanol–water partition coefficient (Wildman–Crippen LogP) is 2.97. The van der Waals surface area contributed by atoms with E-state index >= 15 is 0 Å². The maximum atomic E-state index is 5.59. The molecule has 0 aromatic carbocycles. The maximum absolute atomic E-state index is 5.59. The Morgan fingerprint density at radius 3 is 2.87 bits per heavy atom. The highest BCUT2D eigenvalue weighted by atomic mass is 16.5. The highest BCUT2D eigenvalue weighted by Crippen LogP contribution is 2.13. The van der Waals surface area contributed by atoms with Crippen LogP contribution in [0.4, 0.5) is 0 Å². The minimum atomic E-state index is 0.494. The van der Waals surface area contributed by atoms with Gasteiger partial charge in [0.1, 0.15) is 0 Å². The van der Waals surface area contributed by atoms with Gasteiger partial charge in [0.15, 0.2) is 0 Å². The lowest BCUT2D eigenvalue weighted by Crippen LogP contribution is -2.30. The van der Waals surface area contributed by atoms with Crippen LogP contribution < -0.4 is 5.32 Å². The normalized spacial score (nSPS) is 23.2. The van der Waals surface area contributed by atoms with Crippen LogP contribution in [0.2, 0.25) is 0 Å². The van der Waals surface area contributed by atoms with Crippen molar-refractivity contribution in [3.63, 3.8) is 0 Å². The van der Waals surface area contributed by atoms with Gasteiger partial charge in [0.05, 0.1) is 6.10 Å². The Morgan fingerprint density at radius 2 is 2.27 bits per heavy atom. The molecule has 2 nitrogen and oxygen atoms in total. The molecule has 0 spiro atoms. The highest BCUT2D eigenvalue weighted by molar-refractivity contribution is 4.69. The minimum absolute atomic E-state index is 0.494. The van der Waals surface area contributed by atoms with E-state index in [2.05, 4.69) is 19.2 Å². The topological polar surface area (TPSA) is 21.3 Å². The van der Waals surface area contributed by atoms with Gasteiger partial charge < -0.3 is 10.1 Å². The average molecular weight is 213 g/mol. The van der Waals surface area contributed by atoms with E-state index in [4.69, 9.17) is 4.74 Å². The van der Waals surface area contributed by atoms with Gasteiger partial charge in [-0.1, -0.05) is 33.1 Å². The lowest BCUT2D eigenvalue weighted by Gasteiger charge is -2.17. The van der Waals surface area contributed by atoms with Crippen LogP contribution in [0.3, 0.4) is 0 Å². The second-order valence-electron chi connectivity index (χ2n) is 4.71. The van der Waals surface area contributed by atoms with Crippen molar-refractivity contribution < 1.29 is 4.74 Å². The number of hydrogen-bond donors (Lipinski definition) is 1. The zero-order valence-corrected chi connectivity index (χ0v) is 10.4. The summed E-state index contributed by atoms with van der Waals surface area (Å²) in [5.74, 6) is 0.867. The largest absolute Gasteiger partial charge is 0.377 e. The first-order valence-electron chi connectivity index (χ1n) is 6.69. The molecule has 1 aliphatic heterocycles. The van der Waals surface area contributed by atoms with Crippen LogP contribution in [0, 0.1) is 5.92 Å². The molecule has 1 N–H and O–H groups in total. The predicted molar refractivity (Wildman–Crippen MR) is 65.1 cm³/mol. The summed E-state index contributed by atoms with van der Waals surface area (Å²) in [6, 6.07) is 0. The van der Waals surface area contributed by atoms with Crippen LogP contribution in [-0.4, -0.2) is 25.8 Å². The minimum Gasteiger partial charge on any atom is -0.377 e. The summed E-state index contributed by atoms with van der Waals surface area (Å²) >= 11 is 0. The quantitative estimate of drug-likeness (QED) is 0.669. The van der Waals surface area contributed by atoms with Crippen molar-refractivity contribution in [1.29, 1.82) is 0 Å². The first-order chi connectivity index (χ1) is 7.36. The molecule has 0 aromatic heterocycles. The van der Waals surface area contributed by atoms with Crippen molar-refractivity contribution in [2.24, 2.45) is 5.92 Å². The van der Waals surface area contributed by atoms with Crippen molar-refractivity contribution in [3.05, 3.63) is 0 Å². The summed E-state index contributed by atoms with van der Waals surface area (Å²) in [5.41, 5.74) is 0. The molecule has 0 radical (unpaired) electrons. The Bertz CT molecular complexity index is 143. The third-order valence-electron chi connectivity index (χ3n) is 3.37. The average Bonchev–Trinajstić information content (AvgIpc) is 2.76. The van der Waals surface area contributed by atoms with Gasteiger partial charge in [0.2, 0.25) is 0 Å². The second-order valence-corrected chi connectivity index (χ2v) is 4.71. The van der Waals surface area contributed by atoms with E-state index < -0.39 is 0 Å². The van der Waals surface area contributed by atoms with Crippen molar-refractivity contribution >= 4 is 0 Å². The lowest BCUT2D eigenvalue weighted by molar-refractivity contribution is 0.109. The van der Waals surface area contributed by atoms with E-state index in [0.717, 1.165) is 19.1 Å². The first kappa shape index (κ1) is 13.0. The summed E-state index contributed by atoms with van der Waals surface area (Å²) in [6.07, 6.45) is 8.37. The second kappa shape index (κ2) is 8.12. The zero-order valence-electron chi connectivity index (χ0n) is 10.4. The summed E-state index contributed by atoms with van der Waals surface area (Å²) in [7, 11) is 0. The molecule has 1 fully saturated rings. The molecule has 0 amide bonds. The van der Waals surface area contributed by atoms with Gasteiger partial charge in [-0.25, -0.2) is 0 Å². The number of nitrogens with one attached hydrogen (secondary N) is 1. The number of hydrogen-bond acceptors (Lipinski definition) is 2. The van der Waals surface area contributed by atoms with Gasteiger partial charge in [-0.3, -0.25) is 0 Å². The SMILES string of the molecule is CCCCC(CC)CNCC1CCCO1. The molecular weight excluding hydrogens is 186 g/mol. The van der Waals surface area contributed by atoms with Gasteiger partial charge in [-0.05, 0) is 31.7 Å². The summed E-state index contributed by atoms with van der Waals surface area (Å²) < 4.78 is 5.59. The van der Waals surface area contributed by atoms with Crippen LogP contribution in [0.15, 0.2) is 0 Å². The number of unbranched alkanes of at least 4 members (excludes halogenated alkanes) is 1. The van der Waals surface area contributed by atoms with Crippen LogP contribution in [0.5, 0.6) is 0 Å². The van der Waals surface area contributed by atoms with Crippen molar-refractivity contribution in [1.82, 2.24) is 5.32 Å². The van der Waals surface area contributed by atoms with Crippen molar-refractivity contribution in [3.8, 4) is 0 Å². The van der Waals surface area contributed by atoms with Gasteiger partial charge in [0.25, 0.3) is 0 Å². The lowest BCUT2D eigenvalue weighted by atomic mass is 9.99. The van der Waals surface area contributed by atoms with E-state index in [0.29, 0.717) is 6.10 Å². The molecule has 0 bridgehead atoms.